The van der Waals surface area contributed by atoms with Crippen LogP contribution in [-0.2, 0) is 0 Å². The van der Waals surface area contributed by atoms with Crippen molar-refractivity contribution in [3.8, 4) is 0 Å². The van der Waals surface area contributed by atoms with Gasteiger partial charge in [0.25, 0.3) is 11.8 Å². The predicted octanol–water partition coefficient (Wildman–Crippen LogP) is 4.27. The predicted molar refractivity (Wildman–Crippen MR) is 117 cm³/mol. The van der Waals surface area contributed by atoms with Gasteiger partial charge in [0.1, 0.15) is 5.69 Å². The second kappa shape index (κ2) is 8.56. The zero-order chi connectivity index (χ0) is 21.0. The fraction of sp³-hybridized carbons (Fsp3) is 0.174. The highest BCUT2D eigenvalue weighted by Crippen LogP contribution is 2.21. The van der Waals surface area contributed by atoms with Crippen LogP contribution >= 0.6 is 0 Å². The van der Waals surface area contributed by atoms with E-state index in [9.17, 15) is 9.59 Å². The van der Waals surface area contributed by atoms with Crippen molar-refractivity contribution in [3.05, 3.63) is 83.2 Å². The van der Waals surface area contributed by atoms with Gasteiger partial charge in [-0.15, -0.1) is 0 Å². The van der Waals surface area contributed by atoms with Crippen LogP contribution in [0.3, 0.4) is 0 Å². The summed E-state index contributed by atoms with van der Waals surface area (Å²) in [6, 6.07) is 16.4. The number of amides is 2. The number of carbonyl (C=O) groups is 2. The molecule has 3 rings (SSSR count). The molecule has 2 amide bonds. The van der Waals surface area contributed by atoms with E-state index < -0.39 is 0 Å². The van der Waals surface area contributed by atoms with Crippen molar-refractivity contribution in [2.45, 2.75) is 13.8 Å². The van der Waals surface area contributed by atoms with Crippen LogP contribution in [-0.4, -0.2) is 30.9 Å². The van der Waals surface area contributed by atoms with Gasteiger partial charge in [-0.2, -0.15) is 0 Å². The number of hydrogen-bond donors (Lipinski definition) is 2. The maximum Gasteiger partial charge on any atom is 0.274 e. The van der Waals surface area contributed by atoms with Crippen LogP contribution in [0.5, 0.6) is 0 Å². The van der Waals surface area contributed by atoms with Gasteiger partial charge in [0, 0.05) is 42.9 Å². The molecule has 29 heavy (non-hydrogen) atoms. The van der Waals surface area contributed by atoms with Crippen molar-refractivity contribution in [1.29, 1.82) is 0 Å². The Morgan fingerprint density at radius 2 is 1.52 bits per heavy atom. The molecule has 2 N–H and O–H groups in total. The Kier molecular flexibility index (Phi) is 5.93. The number of aryl methyl sites for hydroxylation is 2. The lowest BCUT2D eigenvalue weighted by atomic mass is 10.1. The Bertz CT molecular complexity index is 1020. The topological polar surface area (TPSA) is 74.3 Å². The van der Waals surface area contributed by atoms with Gasteiger partial charge in [-0.25, -0.2) is 0 Å². The normalized spacial score (nSPS) is 10.3. The summed E-state index contributed by atoms with van der Waals surface area (Å²) in [7, 11) is 3.90. The van der Waals surface area contributed by atoms with Crippen LogP contribution in [0.15, 0.2) is 60.8 Å². The van der Waals surface area contributed by atoms with Crippen LogP contribution < -0.4 is 15.5 Å². The molecule has 2 aromatic carbocycles. The van der Waals surface area contributed by atoms with Crippen molar-refractivity contribution >= 4 is 28.9 Å². The van der Waals surface area contributed by atoms with Crippen molar-refractivity contribution in [2.75, 3.05) is 29.6 Å². The fourth-order valence-electron chi connectivity index (χ4n) is 2.93. The van der Waals surface area contributed by atoms with Gasteiger partial charge >= 0.3 is 0 Å². The zero-order valence-electron chi connectivity index (χ0n) is 17.0. The van der Waals surface area contributed by atoms with E-state index in [1.807, 2.05) is 75.3 Å². The Balaban J connectivity index is 1.74. The van der Waals surface area contributed by atoms with Gasteiger partial charge in [-0.3, -0.25) is 14.6 Å². The minimum Gasteiger partial charge on any atom is -0.378 e. The Labute approximate surface area is 170 Å². The molecule has 6 heteroatoms. The third-order valence-electron chi connectivity index (χ3n) is 4.62. The molecular formula is C23H24N4O2. The third kappa shape index (κ3) is 4.79. The number of para-hydroxylation sites is 1. The van der Waals surface area contributed by atoms with Crippen molar-refractivity contribution in [1.82, 2.24) is 4.98 Å². The molecule has 0 spiro atoms. The van der Waals surface area contributed by atoms with Gasteiger partial charge in [-0.1, -0.05) is 18.2 Å². The third-order valence-corrected chi connectivity index (χ3v) is 4.62. The molecule has 6 nitrogen and oxygen atoms in total. The number of aromatic nitrogens is 1. The average molecular weight is 388 g/mol. The Hall–Kier alpha value is -3.67. The Morgan fingerprint density at radius 1 is 0.862 bits per heavy atom. The van der Waals surface area contributed by atoms with E-state index in [-0.39, 0.29) is 17.5 Å². The van der Waals surface area contributed by atoms with Gasteiger partial charge in [-0.05, 0) is 61.4 Å². The number of nitrogens with one attached hydrogen (secondary N) is 2. The first-order chi connectivity index (χ1) is 13.8. The lowest BCUT2D eigenvalue weighted by Crippen LogP contribution is -2.17. The molecule has 0 atom stereocenters. The first-order valence-corrected chi connectivity index (χ1v) is 9.27. The number of anilines is 3. The van der Waals surface area contributed by atoms with E-state index in [4.69, 9.17) is 0 Å². The summed E-state index contributed by atoms with van der Waals surface area (Å²) in [4.78, 5) is 31.3. The molecule has 0 bridgehead atoms. The number of hydrogen-bond acceptors (Lipinski definition) is 4. The highest BCUT2D eigenvalue weighted by atomic mass is 16.2. The summed E-state index contributed by atoms with van der Waals surface area (Å²) in [5.74, 6) is -0.654. The molecule has 0 saturated carbocycles. The molecule has 1 aromatic heterocycles. The van der Waals surface area contributed by atoms with Crippen LogP contribution in [0.1, 0.15) is 32.0 Å². The van der Waals surface area contributed by atoms with Crippen molar-refractivity contribution < 1.29 is 9.59 Å². The summed E-state index contributed by atoms with van der Waals surface area (Å²) >= 11 is 0. The van der Waals surface area contributed by atoms with E-state index in [1.165, 1.54) is 12.3 Å². The lowest BCUT2D eigenvalue weighted by molar-refractivity contribution is 0.102. The maximum absolute atomic E-state index is 12.7. The SMILES string of the molecule is Cc1cccc(C)c1NC(=O)c1ccnc(C(=O)Nc2ccc(N(C)C)cc2)c1. The van der Waals surface area contributed by atoms with Crippen LogP contribution in [0.4, 0.5) is 17.1 Å². The summed E-state index contributed by atoms with van der Waals surface area (Å²) in [5.41, 5.74) is 4.98. The summed E-state index contributed by atoms with van der Waals surface area (Å²) < 4.78 is 0. The molecule has 148 valence electrons. The Morgan fingerprint density at radius 3 is 2.14 bits per heavy atom. The van der Waals surface area contributed by atoms with Gasteiger partial charge in [0.2, 0.25) is 0 Å². The maximum atomic E-state index is 12.7. The molecular weight excluding hydrogens is 364 g/mol. The highest BCUT2D eigenvalue weighted by molar-refractivity contribution is 6.08. The largest absolute Gasteiger partial charge is 0.378 e. The molecule has 0 aliphatic carbocycles. The molecule has 0 aliphatic rings. The smallest absolute Gasteiger partial charge is 0.274 e. The fourth-order valence-corrected chi connectivity index (χ4v) is 2.93. The molecule has 0 fully saturated rings. The van der Waals surface area contributed by atoms with E-state index >= 15 is 0 Å². The number of rotatable bonds is 5. The van der Waals surface area contributed by atoms with E-state index in [0.717, 1.165) is 22.5 Å². The quantitative estimate of drug-likeness (QED) is 0.685. The molecule has 1 heterocycles. The summed E-state index contributed by atoms with van der Waals surface area (Å²) in [5, 5.41) is 5.73. The number of carbonyl (C=O) groups excluding carboxylic acids is 2. The molecule has 0 radical (unpaired) electrons. The lowest BCUT2D eigenvalue weighted by Gasteiger charge is -2.13. The summed E-state index contributed by atoms with van der Waals surface area (Å²) in [6.07, 6.45) is 1.46. The average Bonchev–Trinajstić information content (AvgIpc) is 2.71. The standard InChI is InChI=1S/C23H24N4O2/c1-15-6-5-7-16(2)21(15)26-22(28)17-12-13-24-20(14-17)23(29)25-18-8-10-19(11-9-18)27(3)4/h5-14H,1-4H3,(H,25,29)(H,26,28). The highest BCUT2D eigenvalue weighted by Gasteiger charge is 2.14. The van der Waals surface area contributed by atoms with Crippen LogP contribution in [0.2, 0.25) is 0 Å². The van der Waals surface area contributed by atoms with Crippen LogP contribution in [0.25, 0.3) is 0 Å². The number of nitrogens with zero attached hydrogens (tertiary/aromatic N) is 2. The molecule has 0 unspecified atom stereocenters. The monoisotopic (exact) mass is 388 g/mol. The van der Waals surface area contributed by atoms with Crippen molar-refractivity contribution in [3.63, 3.8) is 0 Å². The van der Waals surface area contributed by atoms with Crippen LogP contribution in [0, 0.1) is 13.8 Å². The second-order valence-electron chi connectivity index (χ2n) is 7.05. The second-order valence-corrected chi connectivity index (χ2v) is 7.05. The zero-order valence-corrected chi connectivity index (χ0v) is 17.0. The molecule has 0 aliphatic heterocycles. The van der Waals surface area contributed by atoms with Gasteiger partial charge < -0.3 is 15.5 Å². The van der Waals surface area contributed by atoms with E-state index in [2.05, 4.69) is 15.6 Å². The van der Waals surface area contributed by atoms with Gasteiger partial charge in [0.05, 0.1) is 0 Å². The minimum atomic E-state index is -0.371. The van der Waals surface area contributed by atoms with E-state index in [0.29, 0.717) is 11.3 Å². The first kappa shape index (κ1) is 20.1. The van der Waals surface area contributed by atoms with Gasteiger partial charge in [0.15, 0.2) is 0 Å². The minimum absolute atomic E-state index is 0.177. The molecule has 0 saturated heterocycles. The van der Waals surface area contributed by atoms with Crippen molar-refractivity contribution in [2.24, 2.45) is 0 Å². The molecule has 3 aromatic rings. The van der Waals surface area contributed by atoms with E-state index in [1.54, 1.807) is 6.07 Å². The summed E-state index contributed by atoms with van der Waals surface area (Å²) in [6.45, 7) is 3.88. The first-order valence-electron chi connectivity index (χ1n) is 9.27. The number of pyridine rings is 1. The number of benzene rings is 2.